The Kier molecular flexibility index (Phi) is 6.04. The molecule has 0 aromatic heterocycles. The van der Waals surface area contributed by atoms with Crippen LogP contribution in [0.1, 0.15) is 32.6 Å². The minimum absolute atomic E-state index is 0.640. The van der Waals surface area contributed by atoms with E-state index in [1.165, 1.54) is 0 Å². The van der Waals surface area contributed by atoms with Crippen LogP contribution in [-0.2, 0) is 0 Å². The van der Waals surface area contributed by atoms with Crippen LogP contribution >= 0.6 is 0 Å². The van der Waals surface area contributed by atoms with Crippen LogP contribution in [0.3, 0.4) is 0 Å². The molecule has 0 unspecified atom stereocenters. The topological polar surface area (TPSA) is 30.3 Å². The maximum atomic E-state index is 7.80. The van der Waals surface area contributed by atoms with Crippen LogP contribution in [0.25, 0.3) is 0 Å². The molecule has 92 valence electrons. The number of nitrogens with one attached hydrogen (secondary N) is 1. The number of likely N-dealkylation sites (N-methyl/N-ethyl adjacent to an activating group) is 1. The second-order valence-electron chi connectivity index (χ2n) is 4.19. The zero-order valence-corrected chi connectivity index (χ0v) is 10.8. The fourth-order valence-electron chi connectivity index (χ4n) is 1.64. The van der Waals surface area contributed by atoms with Gasteiger partial charge in [0.15, 0.2) is 5.96 Å². The Bertz CT molecular complexity index is 364. The van der Waals surface area contributed by atoms with E-state index in [0.717, 1.165) is 45.3 Å². The summed E-state index contributed by atoms with van der Waals surface area (Å²) in [7, 11) is 1.96. The van der Waals surface area contributed by atoms with Gasteiger partial charge in [-0.15, -0.1) is 0 Å². The molecule has 1 N–H and O–H groups in total. The van der Waals surface area contributed by atoms with Crippen LogP contribution in [0.4, 0.5) is 0 Å². The lowest BCUT2D eigenvalue weighted by molar-refractivity contribution is 0.451. The van der Waals surface area contributed by atoms with Crippen molar-refractivity contribution in [3.05, 3.63) is 0 Å². The molecule has 0 aromatic rings. The minimum atomic E-state index is 0.640. The van der Waals surface area contributed by atoms with Crippen LogP contribution in [0.5, 0.6) is 0 Å². The average molecular weight is 231 g/mol. The zero-order valence-electron chi connectivity index (χ0n) is 10.8. The van der Waals surface area contributed by atoms with Gasteiger partial charge in [-0.3, -0.25) is 5.41 Å². The molecule has 0 aromatic carbocycles. The smallest absolute Gasteiger partial charge is 0.193 e. The summed E-state index contributed by atoms with van der Waals surface area (Å²) in [6.45, 7) is 4.98. The first kappa shape index (κ1) is 13.5. The monoisotopic (exact) mass is 231 g/mol. The number of hydrogen-bond donors (Lipinski definition) is 1. The van der Waals surface area contributed by atoms with Crippen molar-refractivity contribution < 1.29 is 0 Å². The van der Waals surface area contributed by atoms with Gasteiger partial charge in [0.25, 0.3) is 0 Å². The van der Waals surface area contributed by atoms with E-state index >= 15 is 0 Å². The minimum Gasteiger partial charge on any atom is -0.344 e. The van der Waals surface area contributed by atoms with Crippen molar-refractivity contribution in [3.63, 3.8) is 0 Å². The van der Waals surface area contributed by atoms with E-state index < -0.39 is 0 Å². The zero-order chi connectivity index (χ0) is 12.5. The van der Waals surface area contributed by atoms with E-state index in [9.17, 15) is 0 Å². The number of hydrogen-bond acceptors (Lipinski definition) is 1. The molecule has 1 aliphatic rings. The van der Waals surface area contributed by atoms with E-state index in [1.54, 1.807) is 0 Å². The number of nitrogens with zero attached hydrogens (tertiary/aromatic N) is 2. The molecule has 1 heterocycles. The van der Waals surface area contributed by atoms with E-state index in [0.29, 0.717) is 5.96 Å². The third-order valence-electron chi connectivity index (χ3n) is 2.71. The highest BCUT2D eigenvalue weighted by atomic mass is 15.4. The summed E-state index contributed by atoms with van der Waals surface area (Å²) in [5.74, 6) is 12.4. The van der Waals surface area contributed by atoms with Gasteiger partial charge < -0.3 is 9.80 Å². The summed E-state index contributed by atoms with van der Waals surface area (Å²) >= 11 is 0. The Hall–Kier alpha value is -1.61. The summed E-state index contributed by atoms with van der Waals surface area (Å²) in [4.78, 5) is 4.08. The van der Waals surface area contributed by atoms with Crippen LogP contribution in [0, 0.1) is 29.1 Å². The summed E-state index contributed by atoms with van der Waals surface area (Å²) < 4.78 is 0. The number of unbranched alkanes of at least 4 members (excludes halogenated alkanes) is 2. The van der Waals surface area contributed by atoms with Gasteiger partial charge in [0.1, 0.15) is 0 Å². The van der Waals surface area contributed by atoms with Gasteiger partial charge in [0.2, 0.25) is 0 Å². The Morgan fingerprint density at radius 3 is 2.47 bits per heavy atom. The van der Waals surface area contributed by atoms with Crippen molar-refractivity contribution in [3.8, 4) is 23.7 Å². The second-order valence-corrected chi connectivity index (χ2v) is 4.19. The predicted molar refractivity (Wildman–Crippen MR) is 71.6 cm³/mol. The Morgan fingerprint density at radius 1 is 1.18 bits per heavy atom. The highest BCUT2D eigenvalue weighted by Crippen LogP contribution is 2.05. The van der Waals surface area contributed by atoms with Crippen LogP contribution in [-0.4, -0.2) is 42.4 Å². The molecule has 1 saturated heterocycles. The second kappa shape index (κ2) is 7.63. The molecule has 1 rings (SSSR count). The fourth-order valence-corrected chi connectivity index (χ4v) is 1.64. The highest BCUT2D eigenvalue weighted by Gasteiger charge is 2.20. The molecule has 0 spiro atoms. The lowest BCUT2D eigenvalue weighted by atomic mass is 10.3. The number of guanidine groups is 1. The first-order valence-electron chi connectivity index (χ1n) is 6.26. The van der Waals surface area contributed by atoms with Gasteiger partial charge in [-0.2, -0.15) is 0 Å². The molecule has 0 amide bonds. The normalized spacial score (nSPS) is 14.1. The molecule has 0 atom stereocenters. The lowest BCUT2D eigenvalue weighted by Gasteiger charge is -2.17. The van der Waals surface area contributed by atoms with Gasteiger partial charge in [-0.05, 0) is 24.7 Å². The molecule has 1 aliphatic heterocycles. The average Bonchev–Trinajstić information content (AvgIpc) is 2.64. The van der Waals surface area contributed by atoms with Crippen LogP contribution in [0.2, 0.25) is 0 Å². The first-order chi connectivity index (χ1) is 8.25. The van der Waals surface area contributed by atoms with Gasteiger partial charge in [-0.1, -0.05) is 18.8 Å². The van der Waals surface area contributed by atoms with E-state index in [1.807, 2.05) is 11.9 Å². The van der Waals surface area contributed by atoms with Crippen LogP contribution < -0.4 is 0 Å². The summed E-state index contributed by atoms with van der Waals surface area (Å²) in [6, 6.07) is 0. The van der Waals surface area contributed by atoms with Crippen LogP contribution in [0.15, 0.2) is 0 Å². The van der Waals surface area contributed by atoms with Crippen molar-refractivity contribution in [2.45, 2.75) is 32.6 Å². The maximum absolute atomic E-state index is 7.80. The molecular formula is C14H21N3. The van der Waals surface area contributed by atoms with E-state index in [2.05, 4.69) is 35.5 Å². The highest BCUT2D eigenvalue weighted by molar-refractivity contribution is 5.78. The van der Waals surface area contributed by atoms with Crippen molar-refractivity contribution in [1.29, 1.82) is 5.41 Å². The lowest BCUT2D eigenvalue weighted by Crippen LogP contribution is -2.30. The Morgan fingerprint density at radius 2 is 1.88 bits per heavy atom. The van der Waals surface area contributed by atoms with E-state index in [4.69, 9.17) is 5.41 Å². The van der Waals surface area contributed by atoms with Gasteiger partial charge >= 0.3 is 0 Å². The standard InChI is InChI=1S/C14H21N3/c1-3-4-5-6-7-8-9-10-11-17-13-12-16(2)14(17)15/h15H,3-4,9-13H2,1-2H3. The fraction of sp³-hybridized carbons (Fsp3) is 0.643. The van der Waals surface area contributed by atoms with Gasteiger partial charge in [0.05, 0.1) is 0 Å². The van der Waals surface area contributed by atoms with Crippen molar-refractivity contribution in [2.75, 3.05) is 26.7 Å². The number of rotatable bonds is 4. The Labute approximate surface area is 105 Å². The third kappa shape index (κ3) is 4.83. The molecule has 0 bridgehead atoms. The molecular weight excluding hydrogens is 210 g/mol. The van der Waals surface area contributed by atoms with Crippen molar-refractivity contribution in [1.82, 2.24) is 9.80 Å². The first-order valence-corrected chi connectivity index (χ1v) is 6.26. The largest absolute Gasteiger partial charge is 0.344 e. The Balaban J connectivity index is 2.13. The summed E-state index contributed by atoms with van der Waals surface area (Å²) in [6.07, 6.45) is 3.91. The molecule has 3 nitrogen and oxygen atoms in total. The summed E-state index contributed by atoms with van der Waals surface area (Å²) in [5.41, 5.74) is 0. The maximum Gasteiger partial charge on any atom is 0.193 e. The van der Waals surface area contributed by atoms with Crippen molar-refractivity contribution >= 4 is 5.96 Å². The third-order valence-corrected chi connectivity index (χ3v) is 2.71. The van der Waals surface area contributed by atoms with E-state index in [-0.39, 0.29) is 0 Å². The molecule has 0 radical (unpaired) electrons. The molecule has 0 saturated carbocycles. The van der Waals surface area contributed by atoms with Crippen molar-refractivity contribution in [2.24, 2.45) is 0 Å². The molecule has 3 heteroatoms. The SMILES string of the molecule is CCCC#CC#CCCCN1CCN(C)C1=N. The quantitative estimate of drug-likeness (QED) is 0.590. The molecule has 0 aliphatic carbocycles. The molecule has 1 fully saturated rings. The summed E-state index contributed by atoms with van der Waals surface area (Å²) in [5, 5.41) is 7.80. The van der Waals surface area contributed by atoms with Gasteiger partial charge in [0, 0.05) is 39.5 Å². The predicted octanol–water partition coefficient (Wildman–Crippen LogP) is 1.76. The molecule has 17 heavy (non-hydrogen) atoms. The van der Waals surface area contributed by atoms with Gasteiger partial charge in [-0.25, -0.2) is 0 Å².